The number of ether oxygens (including phenoxy) is 1. The summed E-state index contributed by atoms with van der Waals surface area (Å²) in [6.07, 6.45) is 6.46. The second-order valence-corrected chi connectivity index (χ2v) is 6.64. The zero-order chi connectivity index (χ0) is 17.8. The lowest BCUT2D eigenvalue weighted by Crippen LogP contribution is -2.29. The van der Waals surface area contributed by atoms with E-state index in [0.29, 0.717) is 18.9 Å². The van der Waals surface area contributed by atoms with Crippen molar-refractivity contribution in [3.63, 3.8) is 0 Å². The second kappa shape index (κ2) is 7.58. The van der Waals surface area contributed by atoms with Gasteiger partial charge in [-0.15, -0.1) is 0 Å². The number of fused-ring (bicyclic) bond motifs is 1. The lowest BCUT2D eigenvalue weighted by Gasteiger charge is -2.09. The maximum Gasteiger partial charge on any atom is 0.238 e. The van der Waals surface area contributed by atoms with Gasteiger partial charge in [-0.3, -0.25) is 4.79 Å². The molecule has 26 heavy (non-hydrogen) atoms. The van der Waals surface area contributed by atoms with Crippen LogP contribution in [-0.2, 0) is 11.4 Å². The van der Waals surface area contributed by atoms with Gasteiger partial charge in [0.15, 0.2) is 0 Å². The highest BCUT2D eigenvalue weighted by atomic mass is 16.5. The molecular formula is C20H22N4O2. The Morgan fingerprint density at radius 2 is 2.15 bits per heavy atom. The van der Waals surface area contributed by atoms with E-state index in [1.54, 1.807) is 0 Å². The fourth-order valence-corrected chi connectivity index (χ4v) is 2.79. The summed E-state index contributed by atoms with van der Waals surface area (Å²) in [6.45, 7) is 1.64. The van der Waals surface area contributed by atoms with Gasteiger partial charge in [0.1, 0.15) is 18.0 Å². The first-order valence-electron chi connectivity index (χ1n) is 8.92. The maximum atomic E-state index is 12.0. The lowest BCUT2D eigenvalue weighted by molar-refractivity contribution is -0.115. The number of hydrogen-bond donors (Lipinski definition) is 2. The van der Waals surface area contributed by atoms with Crippen LogP contribution in [0.3, 0.4) is 0 Å². The van der Waals surface area contributed by atoms with Gasteiger partial charge >= 0.3 is 0 Å². The van der Waals surface area contributed by atoms with Crippen molar-refractivity contribution in [3.8, 4) is 5.75 Å². The third-order valence-corrected chi connectivity index (χ3v) is 4.33. The maximum absolute atomic E-state index is 12.0. The molecule has 1 aromatic carbocycles. The summed E-state index contributed by atoms with van der Waals surface area (Å²) in [4.78, 5) is 16.5. The van der Waals surface area contributed by atoms with Crippen LogP contribution in [0, 0.1) is 5.92 Å². The van der Waals surface area contributed by atoms with Crippen LogP contribution >= 0.6 is 0 Å². The molecule has 0 saturated heterocycles. The Labute approximate surface area is 152 Å². The van der Waals surface area contributed by atoms with Gasteiger partial charge in [0.25, 0.3) is 0 Å². The fraction of sp³-hybridized carbons (Fsp3) is 0.300. The minimum absolute atomic E-state index is 0.0387. The summed E-state index contributed by atoms with van der Waals surface area (Å²) in [6, 6.07) is 13.3. The number of carbonyl (C=O) groups excluding carboxylic acids is 1. The average molecular weight is 350 g/mol. The molecule has 2 aromatic heterocycles. The number of amides is 1. The highest BCUT2D eigenvalue weighted by molar-refractivity contribution is 5.92. The first-order chi connectivity index (χ1) is 12.8. The smallest absolute Gasteiger partial charge is 0.238 e. The van der Waals surface area contributed by atoms with Crippen LogP contribution in [0.1, 0.15) is 18.5 Å². The van der Waals surface area contributed by atoms with Gasteiger partial charge in [0.05, 0.1) is 12.2 Å². The number of benzene rings is 1. The number of pyridine rings is 1. The number of imidazole rings is 1. The van der Waals surface area contributed by atoms with E-state index in [9.17, 15) is 4.79 Å². The predicted octanol–water partition coefficient (Wildman–Crippen LogP) is 2.85. The van der Waals surface area contributed by atoms with Crippen molar-refractivity contribution in [1.29, 1.82) is 0 Å². The standard InChI is InChI=1S/C20H22N4O2/c25-20(12-21-11-15-7-8-15)23-16-4-3-5-18(10-16)26-14-17-13-24-9-2-1-6-19(24)22-17/h1-6,9-10,13,15,21H,7-8,11-12,14H2,(H,23,25). The van der Waals surface area contributed by atoms with Gasteiger partial charge in [-0.2, -0.15) is 0 Å². The van der Waals surface area contributed by atoms with Crippen LogP contribution in [0.5, 0.6) is 5.75 Å². The molecule has 6 nitrogen and oxygen atoms in total. The van der Waals surface area contributed by atoms with Crippen LogP contribution in [0.4, 0.5) is 5.69 Å². The summed E-state index contributed by atoms with van der Waals surface area (Å²) in [5, 5.41) is 6.08. The van der Waals surface area contributed by atoms with Gasteiger partial charge in [-0.25, -0.2) is 4.98 Å². The average Bonchev–Trinajstić information content (AvgIpc) is 3.37. The zero-order valence-electron chi connectivity index (χ0n) is 14.5. The van der Waals surface area contributed by atoms with Gasteiger partial charge in [0, 0.05) is 24.1 Å². The summed E-state index contributed by atoms with van der Waals surface area (Å²) < 4.78 is 7.78. The molecule has 4 rings (SSSR count). The SMILES string of the molecule is O=C(CNCC1CC1)Nc1cccc(OCc2cn3ccccc3n2)c1. The summed E-state index contributed by atoms with van der Waals surface area (Å²) in [5.74, 6) is 1.42. The summed E-state index contributed by atoms with van der Waals surface area (Å²) in [7, 11) is 0. The molecule has 0 unspecified atom stereocenters. The molecule has 0 spiro atoms. The molecule has 2 N–H and O–H groups in total. The molecule has 0 atom stereocenters. The third kappa shape index (κ3) is 4.40. The van der Waals surface area contributed by atoms with E-state index in [-0.39, 0.29) is 5.91 Å². The number of aromatic nitrogens is 2. The number of rotatable bonds is 8. The molecule has 2 heterocycles. The molecule has 1 saturated carbocycles. The van der Waals surface area contributed by atoms with E-state index in [4.69, 9.17) is 4.74 Å². The Morgan fingerprint density at radius 3 is 3.00 bits per heavy atom. The number of anilines is 1. The van der Waals surface area contributed by atoms with E-state index >= 15 is 0 Å². The largest absolute Gasteiger partial charge is 0.487 e. The number of hydrogen-bond acceptors (Lipinski definition) is 4. The highest BCUT2D eigenvalue weighted by Crippen LogP contribution is 2.27. The van der Waals surface area contributed by atoms with Gasteiger partial charge in [-0.1, -0.05) is 12.1 Å². The molecule has 1 fully saturated rings. The Balaban J connectivity index is 1.30. The second-order valence-electron chi connectivity index (χ2n) is 6.64. The van der Waals surface area contributed by atoms with E-state index in [1.165, 1.54) is 12.8 Å². The molecular weight excluding hydrogens is 328 g/mol. The van der Waals surface area contributed by atoms with Crippen molar-refractivity contribution >= 4 is 17.2 Å². The van der Waals surface area contributed by atoms with Crippen molar-refractivity contribution in [3.05, 3.63) is 60.6 Å². The first kappa shape index (κ1) is 16.6. The number of nitrogens with zero attached hydrogens (tertiary/aromatic N) is 2. The minimum atomic E-state index is -0.0387. The van der Waals surface area contributed by atoms with Crippen molar-refractivity contribution < 1.29 is 9.53 Å². The monoisotopic (exact) mass is 350 g/mol. The van der Waals surface area contributed by atoms with Crippen LogP contribution in [0.2, 0.25) is 0 Å². The van der Waals surface area contributed by atoms with Crippen LogP contribution in [0.25, 0.3) is 5.65 Å². The summed E-state index contributed by atoms with van der Waals surface area (Å²) in [5.41, 5.74) is 2.48. The number of nitrogens with one attached hydrogen (secondary N) is 2. The molecule has 1 aliphatic rings. The molecule has 1 amide bonds. The Kier molecular flexibility index (Phi) is 4.84. The molecule has 1 aliphatic carbocycles. The van der Waals surface area contributed by atoms with E-state index in [0.717, 1.165) is 29.5 Å². The fourth-order valence-electron chi connectivity index (χ4n) is 2.79. The van der Waals surface area contributed by atoms with Crippen molar-refractivity contribution in [2.75, 3.05) is 18.4 Å². The summed E-state index contributed by atoms with van der Waals surface area (Å²) >= 11 is 0. The molecule has 3 aromatic rings. The highest BCUT2D eigenvalue weighted by Gasteiger charge is 2.20. The predicted molar refractivity (Wildman–Crippen MR) is 100 cm³/mol. The molecule has 0 bridgehead atoms. The van der Waals surface area contributed by atoms with Crippen molar-refractivity contribution in [2.24, 2.45) is 5.92 Å². The van der Waals surface area contributed by atoms with Crippen LogP contribution in [-0.4, -0.2) is 28.4 Å². The van der Waals surface area contributed by atoms with Crippen molar-refractivity contribution in [2.45, 2.75) is 19.4 Å². The Hall–Kier alpha value is -2.86. The van der Waals surface area contributed by atoms with E-state index < -0.39 is 0 Å². The molecule has 6 heteroatoms. The first-order valence-corrected chi connectivity index (χ1v) is 8.92. The van der Waals surface area contributed by atoms with Crippen molar-refractivity contribution in [1.82, 2.24) is 14.7 Å². The molecule has 0 radical (unpaired) electrons. The van der Waals surface area contributed by atoms with E-state index in [1.807, 2.05) is 59.3 Å². The quantitative estimate of drug-likeness (QED) is 0.655. The number of carbonyl (C=O) groups is 1. The van der Waals surface area contributed by atoms with Crippen LogP contribution in [0.15, 0.2) is 54.9 Å². The van der Waals surface area contributed by atoms with Gasteiger partial charge in [0.2, 0.25) is 5.91 Å². The Bertz CT molecular complexity index is 868. The molecule has 134 valence electrons. The zero-order valence-corrected chi connectivity index (χ0v) is 14.5. The third-order valence-electron chi connectivity index (χ3n) is 4.33. The Morgan fingerprint density at radius 1 is 1.23 bits per heavy atom. The minimum Gasteiger partial charge on any atom is -0.487 e. The van der Waals surface area contributed by atoms with Gasteiger partial charge in [-0.05, 0) is 49.6 Å². The van der Waals surface area contributed by atoms with Crippen LogP contribution < -0.4 is 15.4 Å². The lowest BCUT2D eigenvalue weighted by atomic mass is 10.3. The van der Waals surface area contributed by atoms with Gasteiger partial charge < -0.3 is 19.8 Å². The van der Waals surface area contributed by atoms with E-state index in [2.05, 4.69) is 15.6 Å². The topological polar surface area (TPSA) is 67.7 Å². The normalized spacial score (nSPS) is 13.7. The molecule has 0 aliphatic heterocycles.